The first-order valence-electron chi connectivity index (χ1n) is 7.78. The topological polar surface area (TPSA) is 211 Å². The average Bonchev–Trinajstić information content (AvgIpc) is 2.53. The Hall–Kier alpha value is -2.28. The minimum absolute atomic E-state index is 0.727. The number of hydrogen-bond acceptors (Lipinski definition) is 8. The standard InChI is InChI=1S/C14H26N4O8/c1-5(15)11(22)17-10(7(3)21)13(24)18-9(6(2)20)12(23)16-8(4-19)14(25)26/h5-10,19-21H,4,15H2,1-3H3,(H,16,23)(H,17,22)(H,18,24)(H,25,26). The smallest absolute Gasteiger partial charge is 0.328 e. The molecule has 12 heteroatoms. The van der Waals surface area contributed by atoms with E-state index in [0.29, 0.717) is 0 Å². The van der Waals surface area contributed by atoms with E-state index in [4.69, 9.17) is 15.9 Å². The van der Waals surface area contributed by atoms with E-state index < -0.39 is 66.7 Å². The Morgan fingerprint density at radius 2 is 1.23 bits per heavy atom. The maximum Gasteiger partial charge on any atom is 0.328 e. The fraction of sp³-hybridized carbons (Fsp3) is 0.714. The van der Waals surface area contributed by atoms with Crippen LogP contribution in [0.5, 0.6) is 0 Å². The second-order valence-electron chi connectivity index (χ2n) is 5.82. The highest BCUT2D eigenvalue weighted by Crippen LogP contribution is 2.00. The second-order valence-corrected chi connectivity index (χ2v) is 5.82. The summed E-state index contributed by atoms with van der Waals surface area (Å²) < 4.78 is 0. The summed E-state index contributed by atoms with van der Waals surface area (Å²) in [7, 11) is 0. The highest BCUT2D eigenvalue weighted by Gasteiger charge is 2.33. The van der Waals surface area contributed by atoms with Crippen molar-refractivity contribution < 1.29 is 39.6 Å². The predicted octanol–water partition coefficient (Wildman–Crippen LogP) is -4.37. The minimum Gasteiger partial charge on any atom is -0.480 e. The number of rotatable bonds is 10. The number of carboxylic acid groups (broad SMARTS) is 1. The van der Waals surface area contributed by atoms with Gasteiger partial charge in [-0.05, 0) is 20.8 Å². The fourth-order valence-corrected chi connectivity index (χ4v) is 1.79. The van der Waals surface area contributed by atoms with E-state index in [1.807, 2.05) is 5.32 Å². The molecule has 6 atom stereocenters. The number of nitrogens with one attached hydrogen (secondary N) is 3. The quantitative estimate of drug-likeness (QED) is 0.184. The molecule has 0 aromatic heterocycles. The van der Waals surface area contributed by atoms with Crippen LogP contribution in [-0.2, 0) is 19.2 Å². The van der Waals surface area contributed by atoms with Crippen LogP contribution in [-0.4, -0.2) is 87.1 Å². The van der Waals surface area contributed by atoms with Crippen LogP contribution in [0.2, 0.25) is 0 Å². The number of nitrogens with two attached hydrogens (primary N) is 1. The molecule has 0 saturated heterocycles. The third-order valence-electron chi connectivity index (χ3n) is 3.34. The van der Waals surface area contributed by atoms with Gasteiger partial charge in [0.05, 0.1) is 24.9 Å². The molecule has 0 spiro atoms. The maximum atomic E-state index is 12.3. The summed E-state index contributed by atoms with van der Waals surface area (Å²) >= 11 is 0. The largest absolute Gasteiger partial charge is 0.480 e. The zero-order valence-corrected chi connectivity index (χ0v) is 14.7. The highest BCUT2D eigenvalue weighted by atomic mass is 16.4. The molecule has 0 rings (SSSR count). The third-order valence-corrected chi connectivity index (χ3v) is 3.34. The molecular weight excluding hydrogens is 352 g/mol. The first-order chi connectivity index (χ1) is 11.9. The summed E-state index contributed by atoms with van der Waals surface area (Å²) in [6, 6.07) is -5.65. The van der Waals surface area contributed by atoms with Crippen molar-refractivity contribution in [3.8, 4) is 0 Å². The predicted molar refractivity (Wildman–Crippen MR) is 87.5 cm³/mol. The lowest BCUT2D eigenvalue weighted by atomic mass is 10.1. The Labute approximate surface area is 149 Å². The van der Waals surface area contributed by atoms with Gasteiger partial charge in [-0.15, -0.1) is 0 Å². The summed E-state index contributed by atoms with van der Waals surface area (Å²) in [6.07, 6.45) is -2.79. The molecule has 0 bridgehead atoms. The Bertz CT molecular complexity index is 523. The van der Waals surface area contributed by atoms with Crippen LogP contribution < -0.4 is 21.7 Å². The van der Waals surface area contributed by atoms with Crippen LogP contribution in [0.1, 0.15) is 20.8 Å². The fourth-order valence-electron chi connectivity index (χ4n) is 1.79. The number of carbonyl (C=O) groups is 4. The highest BCUT2D eigenvalue weighted by molar-refractivity contribution is 5.94. The Morgan fingerprint density at radius 1 is 0.846 bits per heavy atom. The molecule has 150 valence electrons. The summed E-state index contributed by atoms with van der Waals surface area (Å²) in [5.74, 6) is -4.30. The lowest BCUT2D eigenvalue weighted by molar-refractivity contribution is -0.144. The molecule has 0 aromatic carbocycles. The van der Waals surface area contributed by atoms with Crippen LogP contribution in [0, 0.1) is 0 Å². The molecule has 0 radical (unpaired) electrons. The molecule has 0 aliphatic rings. The van der Waals surface area contributed by atoms with Crippen molar-refractivity contribution in [2.45, 2.75) is 57.1 Å². The molecule has 26 heavy (non-hydrogen) atoms. The van der Waals surface area contributed by atoms with Gasteiger partial charge in [0.15, 0.2) is 0 Å². The van der Waals surface area contributed by atoms with Crippen molar-refractivity contribution >= 4 is 23.7 Å². The molecule has 0 heterocycles. The lowest BCUT2D eigenvalue weighted by Gasteiger charge is -2.27. The average molecular weight is 378 g/mol. The van der Waals surface area contributed by atoms with Gasteiger partial charge in [0.1, 0.15) is 18.1 Å². The van der Waals surface area contributed by atoms with E-state index in [1.165, 1.54) is 13.8 Å². The molecule has 0 aliphatic carbocycles. The van der Waals surface area contributed by atoms with Crippen molar-refractivity contribution in [3.05, 3.63) is 0 Å². The summed E-state index contributed by atoms with van der Waals surface area (Å²) in [6.45, 7) is 2.84. The van der Waals surface area contributed by atoms with Crippen LogP contribution >= 0.6 is 0 Å². The van der Waals surface area contributed by atoms with Gasteiger partial charge in [0, 0.05) is 0 Å². The number of amides is 3. The van der Waals surface area contributed by atoms with Crippen molar-refractivity contribution in [1.29, 1.82) is 0 Å². The first kappa shape index (κ1) is 23.7. The molecule has 0 aromatic rings. The van der Waals surface area contributed by atoms with E-state index in [1.54, 1.807) is 0 Å². The van der Waals surface area contributed by atoms with Crippen LogP contribution in [0.4, 0.5) is 0 Å². The number of aliphatic hydroxyl groups is 3. The number of carbonyl (C=O) groups excluding carboxylic acids is 3. The first-order valence-corrected chi connectivity index (χ1v) is 7.78. The SMILES string of the molecule is CC(N)C(=O)NC(C(=O)NC(C(=O)NC(CO)C(=O)O)C(C)O)C(C)O. The maximum absolute atomic E-state index is 12.3. The monoisotopic (exact) mass is 378 g/mol. The zero-order valence-electron chi connectivity index (χ0n) is 14.7. The lowest BCUT2D eigenvalue weighted by Crippen LogP contribution is -2.61. The molecule has 3 amide bonds. The Morgan fingerprint density at radius 3 is 1.54 bits per heavy atom. The second kappa shape index (κ2) is 10.7. The molecule has 9 N–H and O–H groups in total. The van der Waals surface area contributed by atoms with E-state index in [9.17, 15) is 29.4 Å². The number of aliphatic carboxylic acids is 1. The summed E-state index contributed by atoms with van der Waals surface area (Å²) in [5.41, 5.74) is 5.37. The number of hydrogen-bond donors (Lipinski definition) is 8. The molecule has 0 saturated carbocycles. The normalized spacial score (nSPS) is 17.8. The zero-order chi connectivity index (χ0) is 20.6. The van der Waals surface area contributed by atoms with Gasteiger partial charge >= 0.3 is 5.97 Å². The van der Waals surface area contributed by atoms with Crippen molar-refractivity contribution in [3.63, 3.8) is 0 Å². The van der Waals surface area contributed by atoms with Gasteiger partial charge in [-0.25, -0.2) is 4.79 Å². The Kier molecular flexibility index (Phi) is 9.72. The van der Waals surface area contributed by atoms with Gasteiger partial charge in [0.25, 0.3) is 0 Å². The van der Waals surface area contributed by atoms with E-state index in [-0.39, 0.29) is 0 Å². The van der Waals surface area contributed by atoms with Crippen LogP contribution in [0.3, 0.4) is 0 Å². The molecular formula is C14H26N4O8. The molecule has 6 unspecified atom stereocenters. The van der Waals surface area contributed by atoms with Gasteiger partial charge in [0.2, 0.25) is 17.7 Å². The number of aliphatic hydroxyl groups excluding tert-OH is 3. The van der Waals surface area contributed by atoms with Gasteiger partial charge in [-0.3, -0.25) is 14.4 Å². The van der Waals surface area contributed by atoms with Crippen molar-refractivity contribution in [2.24, 2.45) is 5.73 Å². The van der Waals surface area contributed by atoms with Crippen LogP contribution in [0.25, 0.3) is 0 Å². The van der Waals surface area contributed by atoms with Gasteiger partial charge < -0.3 is 42.1 Å². The number of carboxylic acids is 1. The van der Waals surface area contributed by atoms with Gasteiger partial charge in [-0.2, -0.15) is 0 Å². The minimum atomic E-state index is -1.63. The van der Waals surface area contributed by atoms with Crippen molar-refractivity contribution in [2.75, 3.05) is 6.61 Å². The molecule has 12 nitrogen and oxygen atoms in total. The Balaban J connectivity index is 5.21. The summed E-state index contributed by atoms with van der Waals surface area (Å²) in [4.78, 5) is 46.8. The van der Waals surface area contributed by atoms with Crippen LogP contribution in [0.15, 0.2) is 0 Å². The molecule has 0 fully saturated rings. The molecule has 0 aliphatic heterocycles. The van der Waals surface area contributed by atoms with Gasteiger partial charge in [-0.1, -0.05) is 0 Å². The van der Waals surface area contributed by atoms with E-state index in [2.05, 4.69) is 10.6 Å². The van der Waals surface area contributed by atoms with E-state index >= 15 is 0 Å². The summed E-state index contributed by atoms with van der Waals surface area (Å²) in [5, 5.41) is 43.4. The van der Waals surface area contributed by atoms with Crippen molar-refractivity contribution in [1.82, 2.24) is 16.0 Å². The van der Waals surface area contributed by atoms with E-state index in [0.717, 1.165) is 6.92 Å². The third kappa shape index (κ3) is 7.31.